The Labute approximate surface area is 120 Å². The van der Waals surface area contributed by atoms with Gasteiger partial charge in [0.25, 0.3) is 0 Å². The van der Waals surface area contributed by atoms with Gasteiger partial charge in [0.1, 0.15) is 0 Å². The van der Waals surface area contributed by atoms with Gasteiger partial charge >= 0.3 is 0 Å². The van der Waals surface area contributed by atoms with Gasteiger partial charge in [-0.3, -0.25) is 0 Å². The predicted molar refractivity (Wildman–Crippen MR) is 78.5 cm³/mol. The lowest BCUT2D eigenvalue weighted by molar-refractivity contribution is -0.0880. The lowest BCUT2D eigenvalue weighted by Gasteiger charge is -2.31. The van der Waals surface area contributed by atoms with Crippen molar-refractivity contribution >= 4 is 11.6 Å². The van der Waals surface area contributed by atoms with E-state index in [1.807, 2.05) is 25.1 Å². The lowest BCUT2D eigenvalue weighted by atomic mass is 9.79. The highest BCUT2D eigenvalue weighted by Gasteiger charge is 2.49. The summed E-state index contributed by atoms with van der Waals surface area (Å²) in [7, 11) is 0. The highest BCUT2D eigenvalue weighted by Crippen LogP contribution is 2.48. The van der Waals surface area contributed by atoms with Crippen LogP contribution in [0.25, 0.3) is 0 Å². The Morgan fingerprint density at radius 1 is 1.32 bits per heavy atom. The Morgan fingerprint density at radius 2 is 1.95 bits per heavy atom. The predicted octanol–water partition coefficient (Wildman–Crippen LogP) is 4.28. The largest absolute Gasteiger partial charge is 0.388 e. The lowest BCUT2D eigenvalue weighted by Crippen LogP contribution is -2.32. The number of hydrogen-bond acceptors (Lipinski definition) is 2. The van der Waals surface area contributed by atoms with E-state index in [-0.39, 0.29) is 17.1 Å². The summed E-state index contributed by atoms with van der Waals surface area (Å²) in [6.07, 6.45) is 0.295. The molecule has 0 radical (unpaired) electrons. The Balaban J connectivity index is 2.34. The summed E-state index contributed by atoms with van der Waals surface area (Å²) in [6, 6.07) is 5.67. The van der Waals surface area contributed by atoms with Crippen molar-refractivity contribution in [2.75, 3.05) is 0 Å². The number of rotatable bonds is 2. The van der Waals surface area contributed by atoms with Crippen molar-refractivity contribution < 1.29 is 9.84 Å². The minimum Gasteiger partial charge on any atom is -0.388 e. The standard InChI is InChI=1S/C16H23ClO2/c1-10-6-7-11(17)8-12(10)14(18)13-9-15(2,3)19-16(13,4)5/h6-8,13-14,18H,9H2,1-5H3. The van der Waals surface area contributed by atoms with Gasteiger partial charge in [-0.2, -0.15) is 0 Å². The molecule has 1 aliphatic rings. The molecule has 2 nitrogen and oxygen atoms in total. The van der Waals surface area contributed by atoms with Gasteiger partial charge in [-0.05, 0) is 64.3 Å². The first-order valence-corrected chi connectivity index (χ1v) is 7.14. The molecule has 0 amide bonds. The maximum Gasteiger partial charge on any atom is 0.0849 e. The van der Waals surface area contributed by atoms with E-state index in [0.29, 0.717) is 5.02 Å². The van der Waals surface area contributed by atoms with Gasteiger partial charge in [-0.25, -0.2) is 0 Å². The molecule has 1 aromatic carbocycles. The van der Waals surface area contributed by atoms with Crippen LogP contribution in [0.5, 0.6) is 0 Å². The molecule has 1 heterocycles. The number of ether oxygens (including phenoxy) is 1. The van der Waals surface area contributed by atoms with Gasteiger partial charge in [0.2, 0.25) is 0 Å². The Kier molecular flexibility index (Phi) is 3.72. The van der Waals surface area contributed by atoms with Crippen LogP contribution in [0.2, 0.25) is 5.02 Å². The maximum absolute atomic E-state index is 10.8. The molecule has 0 bridgehead atoms. The van der Waals surface area contributed by atoms with Crippen LogP contribution in [0.15, 0.2) is 18.2 Å². The van der Waals surface area contributed by atoms with E-state index in [4.69, 9.17) is 16.3 Å². The minimum absolute atomic E-state index is 0.0691. The molecule has 0 saturated carbocycles. The van der Waals surface area contributed by atoms with Crippen molar-refractivity contribution in [2.24, 2.45) is 5.92 Å². The molecule has 0 spiro atoms. The van der Waals surface area contributed by atoms with Crippen molar-refractivity contribution in [3.63, 3.8) is 0 Å². The second-order valence-corrected chi connectivity index (χ2v) is 7.16. The van der Waals surface area contributed by atoms with Crippen LogP contribution in [-0.4, -0.2) is 16.3 Å². The number of aliphatic hydroxyl groups excluding tert-OH is 1. The third-order valence-electron chi connectivity index (χ3n) is 4.08. The van der Waals surface area contributed by atoms with Crippen molar-refractivity contribution in [1.29, 1.82) is 0 Å². The van der Waals surface area contributed by atoms with E-state index in [1.54, 1.807) is 0 Å². The van der Waals surface area contributed by atoms with Crippen LogP contribution in [0, 0.1) is 12.8 Å². The Morgan fingerprint density at radius 3 is 2.47 bits per heavy atom. The summed E-state index contributed by atoms with van der Waals surface area (Å²) in [5, 5.41) is 11.4. The van der Waals surface area contributed by atoms with Crippen LogP contribution >= 0.6 is 11.6 Å². The first-order chi connectivity index (χ1) is 8.62. The molecular formula is C16H23ClO2. The first kappa shape index (κ1) is 14.8. The molecule has 2 unspecified atom stereocenters. The van der Waals surface area contributed by atoms with Gasteiger partial charge in [-0.1, -0.05) is 17.7 Å². The fourth-order valence-electron chi connectivity index (χ4n) is 3.24. The van der Waals surface area contributed by atoms with E-state index in [1.165, 1.54) is 0 Å². The topological polar surface area (TPSA) is 29.5 Å². The average Bonchev–Trinajstić information content (AvgIpc) is 2.49. The molecule has 1 N–H and O–H groups in total. The molecule has 0 aliphatic carbocycles. The summed E-state index contributed by atoms with van der Waals surface area (Å²) in [5.41, 5.74) is 1.45. The second-order valence-electron chi connectivity index (χ2n) is 6.72. The van der Waals surface area contributed by atoms with E-state index in [9.17, 15) is 5.11 Å². The molecule has 1 saturated heterocycles. The molecule has 3 heteroatoms. The molecule has 2 atom stereocenters. The molecule has 1 aliphatic heterocycles. The van der Waals surface area contributed by atoms with Crippen molar-refractivity contribution in [1.82, 2.24) is 0 Å². The van der Waals surface area contributed by atoms with Crippen molar-refractivity contribution in [3.05, 3.63) is 34.3 Å². The van der Waals surface area contributed by atoms with E-state index in [0.717, 1.165) is 17.5 Å². The van der Waals surface area contributed by atoms with E-state index >= 15 is 0 Å². The van der Waals surface area contributed by atoms with Crippen LogP contribution in [0.3, 0.4) is 0 Å². The zero-order valence-electron chi connectivity index (χ0n) is 12.3. The SMILES string of the molecule is Cc1ccc(Cl)cc1C(O)C1CC(C)(C)OC1(C)C. The van der Waals surface area contributed by atoms with Crippen LogP contribution in [-0.2, 0) is 4.74 Å². The molecule has 2 rings (SSSR count). The van der Waals surface area contributed by atoms with Crippen molar-refractivity contribution in [2.45, 2.75) is 58.3 Å². The first-order valence-electron chi connectivity index (χ1n) is 6.77. The molecular weight excluding hydrogens is 260 g/mol. The highest BCUT2D eigenvalue weighted by atomic mass is 35.5. The highest BCUT2D eigenvalue weighted by molar-refractivity contribution is 6.30. The fraction of sp³-hybridized carbons (Fsp3) is 0.625. The smallest absolute Gasteiger partial charge is 0.0849 e. The van der Waals surface area contributed by atoms with Gasteiger partial charge in [-0.15, -0.1) is 0 Å². The van der Waals surface area contributed by atoms with Gasteiger partial charge < -0.3 is 9.84 Å². The second kappa shape index (κ2) is 4.76. The monoisotopic (exact) mass is 282 g/mol. The Bertz CT molecular complexity index is 480. The number of benzene rings is 1. The molecule has 1 fully saturated rings. The molecule has 0 aromatic heterocycles. The summed E-state index contributed by atoms with van der Waals surface area (Å²) in [4.78, 5) is 0. The summed E-state index contributed by atoms with van der Waals surface area (Å²) < 4.78 is 6.07. The minimum atomic E-state index is -0.546. The number of hydrogen-bond donors (Lipinski definition) is 1. The van der Waals surface area contributed by atoms with Crippen LogP contribution in [0.1, 0.15) is 51.3 Å². The normalized spacial score (nSPS) is 26.4. The molecule has 106 valence electrons. The maximum atomic E-state index is 10.8. The summed E-state index contributed by atoms with van der Waals surface area (Å²) in [6.45, 7) is 10.3. The fourth-order valence-corrected chi connectivity index (χ4v) is 3.42. The molecule has 19 heavy (non-hydrogen) atoms. The van der Waals surface area contributed by atoms with E-state index in [2.05, 4.69) is 27.7 Å². The number of aliphatic hydroxyl groups is 1. The quantitative estimate of drug-likeness (QED) is 0.877. The van der Waals surface area contributed by atoms with Gasteiger partial charge in [0.15, 0.2) is 0 Å². The van der Waals surface area contributed by atoms with Crippen LogP contribution < -0.4 is 0 Å². The number of halogens is 1. The number of aryl methyl sites for hydroxylation is 1. The van der Waals surface area contributed by atoms with Crippen LogP contribution in [0.4, 0.5) is 0 Å². The van der Waals surface area contributed by atoms with Gasteiger partial charge in [0, 0.05) is 10.9 Å². The third-order valence-corrected chi connectivity index (χ3v) is 4.32. The summed E-state index contributed by atoms with van der Waals surface area (Å²) in [5.74, 6) is 0.0691. The molecule has 1 aromatic rings. The zero-order chi connectivity index (χ0) is 14.4. The summed E-state index contributed by atoms with van der Waals surface area (Å²) >= 11 is 6.05. The Hall–Kier alpha value is -0.570. The average molecular weight is 283 g/mol. The van der Waals surface area contributed by atoms with Crippen molar-refractivity contribution in [3.8, 4) is 0 Å². The van der Waals surface area contributed by atoms with E-state index < -0.39 is 6.10 Å². The van der Waals surface area contributed by atoms with Gasteiger partial charge in [0.05, 0.1) is 17.3 Å². The zero-order valence-corrected chi connectivity index (χ0v) is 13.1. The third kappa shape index (κ3) is 2.96.